The second kappa shape index (κ2) is 9.88. The molecule has 7 heteroatoms. The highest BCUT2D eigenvalue weighted by molar-refractivity contribution is 5.96. The Balaban J connectivity index is 0.000000433. The van der Waals surface area contributed by atoms with Gasteiger partial charge >= 0.3 is 11.9 Å². The first-order chi connectivity index (χ1) is 10.2. The van der Waals surface area contributed by atoms with Crippen LogP contribution in [0.4, 0.5) is 0 Å². The van der Waals surface area contributed by atoms with Gasteiger partial charge in [-0.1, -0.05) is 6.07 Å². The van der Waals surface area contributed by atoms with Crippen LogP contribution >= 0.6 is 0 Å². The molecule has 0 fully saturated rings. The van der Waals surface area contributed by atoms with Crippen molar-refractivity contribution in [2.75, 3.05) is 13.2 Å². The van der Waals surface area contributed by atoms with E-state index < -0.39 is 18.0 Å². The third-order valence-corrected chi connectivity index (χ3v) is 2.67. The van der Waals surface area contributed by atoms with Crippen LogP contribution < -0.4 is 0 Å². The summed E-state index contributed by atoms with van der Waals surface area (Å²) in [6.45, 7) is 5.17. The van der Waals surface area contributed by atoms with Gasteiger partial charge in [0.15, 0.2) is 0 Å². The SMILES string of the molecule is CC(O)COC(C)CO.Cc1c(C(=O)O)cccc1C(=O)O. The zero-order valence-electron chi connectivity index (χ0n) is 12.8. The minimum absolute atomic E-state index is 0.00667. The van der Waals surface area contributed by atoms with Gasteiger partial charge in [-0.25, -0.2) is 9.59 Å². The number of hydrogen-bond acceptors (Lipinski definition) is 5. The Bertz CT molecular complexity index is 464. The fourth-order valence-electron chi connectivity index (χ4n) is 1.46. The lowest BCUT2D eigenvalue weighted by molar-refractivity contribution is -0.0177. The lowest BCUT2D eigenvalue weighted by atomic mass is 10.0. The first kappa shape index (κ1) is 20.0. The minimum Gasteiger partial charge on any atom is -0.478 e. The number of carbonyl (C=O) groups is 2. The molecule has 0 aromatic heterocycles. The molecular formula is C15H22O7. The van der Waals surface area contributed by atoms with Gasteiger partial charge in [-0.3, -0.25) is 0 Å². The maximum atomic E-state index is 10.6. The second-order valence-electron chi connectivity index (χ2n) is 4.76. The predicted octanol–water partition coefficient (Wildman–Crippen LogP) is 1.16. The van der Waals surface area contributed by atoms with Crippen molar-refractivity contribution in [2.24, 2.45) is 0 Å². The smallest absolute Gasteiger partial charge is 0.335 e. The molecule has 2 unspecified atom stereocenters. The van der Waals surface area contributed by atoms with Crippen molar-refractivity contribution in [3.05, 3.63) is 34.9 Å². The molecule has 0 saturated heterocycles. The van der Waals surface area contributed by atoms with Crippen LogP contribution in [0, 0.1) is 6.92 Å². The Kier molecular flexibility index (Phi) is 9.00. The summed E-state index contributed by atoms with van der Waals surface area (Å²) >= 11 is 0. The topological polar surface area (TPSA) is 124 Å². The van der Waals surface area contributed by atoms with Crippen LogP contribution in [0.5, 0.6) is 0 Å². The van der Waals surface area contributed by atoms with Crippen molar-refractivity contribution in [3.8, 4) is 0 Å². The Labute approximate surface area is 128 Å². The van der Waals surface area contributed by atoms with Crippen LogP contribution in [0.15, 0.2) is 18.2 Å². The fraction of sp³-hybridized carbons (Fsp3) is 0.467. The highest BCUT2D eigenvalue weighted by Crippen LogP contribution is 2.13. The van der Waals surface area contributed by atoms with Gasteiger partial charge in [0.25, 0.3) is 0 Å². The Hall–Kier alpha value is -1.96. The summed E-state index contributed by atoms with van der Waals surface area (Å²) in [7, 11) is 0. The molecule has 1 aromatic carbocycles. The van der Waals surface area contributed by atoms with Crippen LogP contribution in [0.25, 0.3) is 0 Å². The molecule has 0 bridgehead atoms. The summed E-state index contributed by atoms with van der Waals surface area (Å²) in [5, 5.41) is 34.5. The quantitative estimate of drug-likeness (QED) is 0.621. The molecule has 0 aliphatic carbocycles. The molecule has 0 amide bonds. The summed E-state index contributed by atoms with van der Waals surface area (Å²) in [4.78, 5) is 21.2. The standard InChI is InChI=1S/C9H8O4.C6H14O3/c1-5-6(8(10)11)3-2-4-7(5)9(12)13;1-5(8)4-9-6(2)3-7/h2-4H,1H3,(H,10,11)(H,12,13);5-8H,3-4H2,1-2H3. The summed E-state index contributed by atoms with van der Waals surface area (Å²) in [6.07, 6.45) is -0.612. The van der Waals surface area contributed by atoms with Gasteiger partial charge in [-0.2, -0.15) is 0 Å². The van der Waals surface area contributed by atoms with Gasteiger partial charge in [-0.05, 0) is 38.5 Å². The number of carboxylic acids is 2. The van der Waals surface area contributed by atoms with Gasteiger partial charge in [0.05, 0.1) is 36.5 Å². The lowest BCUT2D eigenvalue weighted by Gasteiger charge is -2.10. The molecule has 0 saturated carbocycles. The van der Waals surface area contributed by atoms with Crippen molar-refractivity contribution >= 4 is 11.9 Å². The predicted molar refractivity (Wildman–Crippen MR) is 79.3 cm³/mol. The Morgan fingerprint density at radius 2 is 1.59 bits per heavy atom. The van der Waals surface area contributed by atoms with Crippen LogP contribution in [0.2, 0.25) is 0 Å². The van der Waals surface area contributed by atoms with E-state index in [1.54, 1.807) is 13.8 Å². The van der Waals surface area contributed by atoms with Crippen LogP contribution in [0.3, 0.4) is 0 Å². The number of carboxylic acid groups (broad SMARTS) is 2. The maximum absolute atomic E-state index is 10.6. The number of aromatic carboxylic acids is 2. The molecule has 0 heterocycles. The van der Waals surface area contributed by atoms with E-state index in [1.165, 1.54) is 25.1 Å². The van der Waals surface area contributed by atoms with Gasteiger partial charge in [0.1, 0.15) is 0 Å². The van der Waals surface area contributed by atoms with E-state index in [4.69, 9.17) is 25.2 Å². The molecule has 0 aliphatic rings. The van der Waals surface area contributed by atoms with E-state index >= 15 is 0 Å². The molecule has 22 heavy (non-hydrogen) atoms. The first-order valence-corrected chi connectivity index (χ1v) is 6.67. The zero-order chi connectivity index (χ0) is 17.3. The molecule has 2 atom stereocenters. The van der Waals surface area contributed by atoms with Crippen molar-refractivity contribution < 1.29 is 34.8 Å². The molecule has 0 radical (unpaired) electrons. The van der Waals surface area contributed by atoms with Crippen molar-refractivity contribution in [2.45, 2.75) is 33.0 Å². The van der Waals surface area contributed by atoms with E-state index in [-0.39, 0.29) is 29.4 Å². The van der Waals surface area contributed by atoms with Crippen molar-refractivity contribution in [1.29, 1.82) is 0 Å². The van der Waals surface area contributed by atoms with E-state index in [2.05, 4.69) is 0 Å². The number of benzene rings is 1. The molecule has 1 aromatic rings. The number of ether oxygens (including phenoxy) is 1. The largest absolute Gasteiger partial charge is 0.478 e. The van der Waals surface area contributed by atoms with Crippen molar-refractivity contribution in [1.82, 2.24) is 0 Å². The number of aliphatic hydroxyl groups excluding tert-OH is 2. The van der Waals surface area contributed by atoms with Gasteiger partial charge < -0.3 is 25.2 Å². The molecular weight excluding hydrogens is 292 g/mol. The molecule has 1 rings (SSSR count). The van der Waals surface area contributed by atoms with E-state index in [0.29, 0.717) is 6.61 Å². The minimum atomic E-state index is -1.11. The average Bonchev–Trinajstić information content (AvgIpc) is 2.44. The molecule has 0 spiro atoms. The highest BCUT2D eigenvalue weighted by atomic mass is 16.5. The molecule has 7 nitrogen and oxygen atoms in total. The maximum Gasteiger partial charge on any atom is 0.335 e. The van der Waals surface area contributed by atoms with Crippen LogP contribution in [-0.4, -0.2) is 57.8 Å². The summed E-state index contributed by atoms with van der Waals surface area (Å²) in [5.74, 6) is -2.22. The monoisotopic (exact) mass is 314 g/mol. The number of aliphatic hydroxyl groups is 2. The third-order valence-electron chi connectivity index (χ3n) is 2.67. The van der Waals surface area contributed by atoms with Gasteiger partial charge in [0, 0.05) is 0 Å². The van der Waals surface area contributed by atoms with E-state index in [9.17, 15) is 9.59 Å². The van der Waals surface area contributed by atoms with Crippen LogP contribution in [-0.2, 0) is 4.74 Å². The molecule has 124 valence electrons. The third kappa shape index (κ3) is 7.16. The lowest BCUT2D eigenvalue weighted by Crippen LogP contribution is -2.19. The Morgan fingerprint density at radius 1 is 1.14 bits per heavy atom. The normalized spacial score (nSPS) is 12.8. The van der Waals surface area contributed by atoms with Gasteiger partial charge in [0.2, 0.25) is 0 Å². The van der Waals surface area contributed by atoms with E-state index in [1.807, 2.05) is 0 Å². The van der Waals surface area contributed by atoms with Crippen LogP contribution in [0.1, 0.15) is 40.1 Å². The zero-order valence-corrected chi connectivity index (χ0v) is 12.8. The number of rotatable bonds is 6. The van der Waals surface area contributed by atoms with Crippen molar-refractivity contribution in [3.63, 3.8) is 0 Å². The Morgan fingerprint density at radius 3 is 1.91 bits per heavy atom. The number of hydrogen-bond donors (Lipinski definition) is 4. The second-order valence-corrected chi connectivity index (χ2v) is 4.76. The summed E-state index contributed by atoms with van der Waals surface area (Å²) in [6, 6.07) is 4.17. The van der Waals surface area contributed by atoms with Gasteiger partial charge in [-0.15, -0.1) is 0 Å². The van der Waals surface area contributed by atoms with E-state index in [0.717, 1.165) is 0 Å². The average molecular weight is 314 g/mol. The molecule has 4 N–H and O–H groups in total. The highest BCUT2D eigenvalue weighted by Gasteiger charge is 2.13. The first-order valence-electron chi connectivity index (χ1n) is 6.67. The fourth-order valence-corrected chi connectivity index (χ4v) is 1.46. The molecule has 0 aliphatic heterocycles. The summed E-state index contributed by atoms with van der Waals surface area (Å²) in [5.41, 5.74) is 0.335. The summed E-state index contributed by atoms with van der Waals surface area (Å²) < 4.78 is 4.95.